The van der Waals surface area contributed by atoms with Gasteiger partial charge in [-0.1, -0.05) is 42.5 Å². The fourth-order valence-electron chi connectivity index (χ4n) is 2.16. The molecule has 0 fully saturated rings. The van der Waals surface area contributed by atoms with Gasteiger partial charge in [0.15, 0.2) is 4.98 Å². The van der Waals surface area contributed by atoms with Gasteiger partial charge in [0.25, 0.3) is 5.78 Å². The van der Waals surface area contributed by atoms with Crippen molar-refractivity contribution < 1.29 is 4.79 Å². The molecule has 1 aliphatic carbocycles. The Morgan fingerprint density at radius 3 is 2.21 bits per heavy atom. The fraction of sp³-hybridized carbons (Fsp3) is 0. The number of carbonyl (C=O) groups excluding carboxylic acids is 1. The second kappa shape index (κ2) is 4.39. The first kappa shape index (κ1) is 11.2. The molecule has 0 saturated heterocycles. The molecule has 4 nitrogen and oxygen atoms in total. The van der Waals surface area contributed by atoms with Gasteiger partial charge >= 0.3 is 5.70 Å². The lowest BCUT2D eigenvalue weighted by molar-refractivity contribution is 0.104. The highest BCUT2D eigenvalue weighted by Crippen LogP contribution is 2.33. The Bertz CT molecular complexity index is 727. The van der Waals surface area contributed by atoms with Gasteiger partial charge in [-0.2, -0.15) is 0 Å². The van der Waals surface area contributed by atoms with E-state index in [1.54, 1.807) is 12.1 Å². The lowest BCUT2D eigenvalue weighted by Crippen LogP contribution is -1.98. The molecule has 19 heavy (non-hydrogen) atoms. The number of fused-ring (bicyclic) bond motifs is 1. The first-order valence-electron chi connectivity index (χ1n) is 5.87. The summed E-state index contributed by atoms with van der Waals surface area (Å²) >= 11 is 0. The highest BCUT2D eigenvalue weighted by molar-refractivity contribution is 6.22. The number of hydrogen-bond acceptors (Lipinski definition) is 3. The molecule has 4 heteroatoms. The van der Waals surface area contributed by atoms with Crippen LogP contribution in [0.4, 0.5) is 5.69 Å². The van der Waals surface area contributed by atoms with Gasteiger partial charge in [0.2, 0.25) is 5.39 Å². The number of Topliss-reactive ketones (excluding diaryl/α,β-unsaturated/α-hetero) is 1. The second-order valence-corrected chi connectivity index (χ2v) is 4.19. The lowest BCUT2D eigenvalue weighted by Gasteiger charge is -2.06. The molecule has 0 atom stereocenters. The van der Waals surface area contributed by atoms with Crippen LogP contribution in [0.15, 0.2) is 60.3 Å². The second-order valence-electron chi connectivity index (χ2n) is 4.19. The van der Waals surface area contributed by atoms with Crippen LogP contribution in [0.2, 0.25) is 0 Å². The van der Waals surface area contributed by atoms with Gasteiger partial charge in [0.1, 0.15) is 5.70 Å². The summed E-state index contributed by atoms with van der Waals surface area (Å²) in [5.74, 6) is -0.267. The topological polar surface area (TPSA) is 57.2 Å². The molecule has 2 aromatic carbocycles. The summed E-state index contributed by atoms with van der Waals surface area (Å²) in [6.07, 6.45) is 0. The largest absolute Gasteiger partial charge is 0.455 e. The number of hydrogen-bond donors (Lipinski definition) is 1. The quantitative estimate of drug-likeness (QED) is 0.827. The molecule has 2 aromatic rings. The van der Waals surface area contributed by atoms with Gasteiger partial charge in [0.05, 0.1) is 0 Å². The summed E-state index contributed by atoms with van der Waals surface area (Å²) in [5, 5.41) is 12.2. The van der Waals surface area contributed by atoms with Gasteiger partial charge in [0, 0.05) is 16.8 Å². The van der Waals surface area contributed by atoms with Crippen molar-refractivity contribution in [2.75, 3.05) is 5.32 Å². The molecule has 3 rings (SSSR count). The molecule has 0 bridgehead atoms. The van der Waals surface area contributed by atoms with Crippen LogP contribution < -0.4 is 5.32 Å². The van der Waals surface area contributed by atoms with Crippen molar-refractivity contribution in [2.24, 2.45) is 0 Å². The van der Waals surface area contributed by atoms with E-state index >= 15 is 0 Å². The zero-order chi connectivity index (χ0) is 13.2. The summed E-state index contributed by atoms with van der Waals surface area (Å²) in [6.45, 7) is 0. The monoisotopic (exact) mass is 248 g/mol. The van der Waals surface area contributed by atoms with Crippen molar-refractivity contribution in [2.45, 2.75) is 0 Å². The van der Waals surface area contributed by atoms with Crippen LogP contribution in [0, 0.1) is 5.39 Å². The van der Waals surface area contributed by atoms with Crippen molar-refractivity contribution in [3.05, 3.63) is 76.4 Å². The number of nitrogens with one attached hydrogen (secondary N) is 1. The molecule has 0 amide bonds. The van der Waals surface area contributed by atoms with Gasteiger partial charge in [-0.05, 0) is 12.1 Å². The van der Waals surface area contributed by atoms with Crippen molar-refractivity contribution in [1.29, 1.82) is 5.39 Å². The number of diazo groups is 1. The smallest absolute Gasteiger partial charge is 0.348 e. The van der Waals surface area contributed by atoms with Crippen LogP contribution in [0.5, 0.6) is 0 Å². The number of para-hydroxylation sites is 1. The molecular weight excluding hydrogens is 238 g/mol. The zero-order valence-corrected chi connectivity index (χ0v) is 10.00. The predicted octanol–water partition coefficient (Wildman–Crippen LogP) is 3.52. The summed E-state index contributed by atoms with van der Waals surface area (Å²) in [6, 6.07) is 16.6. The summed E-state index contributed by atoms with van der Waals surface area (Å²) < 4.78 is 0. The maximum Gasteiger partial charge on any atom is 0.455 e. The van der Waals surface area contributed by atoms with Crippen LogP contribution in [0.25, 0.3) is 10.7 Å². The normalized spacial score (nSPS) is 13.1. The first-order valence-corrected chi connectivity index (χ1v) is 5.87. The maximum absolute atomic E-state index is 12.1. The van der Waals surface area contributed by atoms with E-state index < -0.39 is 0 Å². The van der Waals surface area contributed by atoms with Crippen molar-refractivity contribution in [3.8, 4) is 0 Å². The van der Waals surface area contributed by atoms with Crippen molar-refractivity contribution in [1.82, 2.24) is 0 Å². The van der Waals surface area contributed by atoms with Gasteiger partial charge in [-0.25, -0.2) is 0 Å². The SMILES string of the molecule is N#[N+]C1=C(Nc2ccccc2)c2ccccc2C1=O. The molecule has 0 spiro atoms. The third-order valence-electron chi connectivity index (χ3n) is 3.04. The standard InChI is InChI=1S/C15H9N3O/c16-18-14-13(17-10-6-2-1-3-7-10)11-8-4-5-9-12(11)15(14)19/h1-9H/p+1. The minimum absolute atomic E-state index is 0.0463. The van der Waals surface area contributed by atoms with E-state index in [1.165, 1.54) is 0 Å². The molecule has 0 saturated carbocycles. The average molecular weight is 248 g/mol. The highest BCUT2D eigenvalue weighted by atomic mass is 16.1. The van der Waals surface area contributed by atoms with E-state index in [9.17, 15) is 4.79 Å². The van der Waals surface area contributed by atoms with E-state index in [2.05, 4.69) is 10.3 Å². The Morgan fingerprint density at radius 2 is 1.53 bits per heavy atom. The molecule has 0 aromatic heterocycles. The average Bonchev–Trinajstić information content (AvgIpc) is 2.73. The summed E-state index contributed by atoms with van der Waals surface area (Å²) in [5.41, 5.74) is 2.72. The van der Waals surface area contributed by atoms with Gasteiger partial charge in [-0.3, -0.25) is 4.79 Å². The molecule has 0 heterocycles. The zero-order valence-electron chi connectivity index (χ0n) is 10.00. The minimum Gasteiger partial charge on any atom is -0.348 e. The molecule has 0 aliphatic heterocycles. The Kier molecular flexibility index (Phi) is 2.58. The third kappa shape index (κ3) is 1.78. The van der Waals surface area contributed by atoms with Crippen molar-refractivity contribution >= 4 is 17.2 Å². The van der Waals surface area contributed by atoms with Crippen LogP contribution in [-0.4, -0.2) is 5.78 Å². The van der Waals surface area contributed by atoms with Crippen LogP contribution in [0.1, 0.15) is 15.9 Å². The Labute approximate surface area is 110 Å². The highest BCUT2D eigenvalue weighted by Gasteiger charge is 2.39. The Balaban J connectivity index is 2.10. The Hall–Kier alpha value is -2.93. The third-order valence-corrected chi connectivity index (χ3v) is 3.04. The number of allylic oxidation sites excluding steroid dienone is 1. The van der Waals surface area contributed by atoms with Crippen LogP contribution in [0.3, 0.4) is 0 Å². The van der Waals surface area contributed by atoms with E-state index in [-0.39, 0.29) is 11.5 Å². The summed E-state index contributed by atoms with van der Waals surface area (Å²) in [4.78, 5) is 15.2. The molecule has 1 N–H and O–H groups in total. The number of ketones is 1. The van der Waals surface area contributed by atoms with E-state index in [0.29, 0.717) is 11.3 Å². The molecule has 90 valence electrons. The van der Waals surface area contributed by atoms with E-state index in [4.69, 9.17) is 5.39 Å². The molecule has 0 unspecified atom stereocenters. The van der Waals surface area contributed by atoms with E-state index in [1.807, 2.05) is 42.5 Å². The van der Waals surface area contributed by atoms with E-state index in [0.717, 1.165) is 11.3 Å². The van der Waals surface area contributed by atoms with Crippen LogP contribution in [-0.2, 0) is 0 Å². The van der Waals surface area contributed by atoms with Gasteiger partial charge in [-0.15, -0.1) is 0 Å². The molecular formula is C15H10N3O+. The lowest BCUT2D eigenvalue weighted by atomic mass is 10.1. The molecule has 1 aliphatic rings. The number of anilines is 1. The summed E-state index contributed by atoms with van der Waals surface area (Å²) in [7, 11) is 0. The number of carbonyl (C=O) groups is 1. The first-order chi connectivity index (χ1) is 9.31. The minimum atomic E-state index is -0.267. The predicted molar refractivity (Wildman–Crippen MR) is 72.8 cm³/mol. The number of nitrogens with zero attached hydrogens (tertiary/aromatic N) is 2. The Morgan fingerprint density at radius 1 is 0.895 bits per heavy atom. The molecule has 0 radical (unpaired) electrons. The van der Waals surface area contributed by atoms with Gasteiger partial charge < -0.3 is 5.32 Å². The number of rotatable bonds is 2. The maximum atomic E-state index is 12.1. The van der Waals surface area contributed by atoms with Crippen molar-refractivity contribution in [3.63, 3.8) is 0 Å². The fourth-order valence-corrected chi connectivity index (χ4v) is 2.16. The number of benzene rings is 2. The van der Waals surface area contributed by atoms with Crippen LogP contribution >= 0.6 is 0 Å².